The minimum Gasteiger partial charge on any atom is -0.479 e. The van der Waals surface area contributed by atoms with Crippen LogP contribution < -0.4 is 10.5 Å². The molecule has 0 aromatic carbocycles. The lowest BCUT2D eigenvalue weighted by molar-refractivity contribution is 0.400. The monoisotopic (exact) mass is 208 g/mol. The van der Waals surface area contributed by atoms with Crippen LogP contribution in [0.1, 0.15) is 5.56 Å². The van der Waals surface area contributed by atoms with E-state index in [-0.39, 0.29) is 12.4 Å². The predicted octanol–water partition coefficient (Wildman–Crippen LogP) is 2.06. The van der Waals surface area contributed by atoms with Crippen LogP contribution in [0.5, 0.6) is 5.88 Å². The molecule has 1 aromatic rings. The fourth-order valence-corrected chi connectivity index (χ4v) is 1.01. The summed E-state index contributed by atoms with van der Waals surface area (Å²) in [6.07, 6.45) is 0. The Kier molecular flexibility index (Phi) is 4.13. The van der Waals surface area contributed by atoms with Crippen molar-refractivity contribution in [2.45, 2.75) is 6.92 Å². The standard InChI is InChI=1S/C7H9ClN2O.ClH/c1-4-3-5(8)10-7(11-2)6(4)9;/h3H,9H2,1-2H3;1H. The minimum absolute atomic E-state index is 0. The number of nitrogens with two attached hydrogens (primary N) is 1. The molecule has 1 heterocycles. The number of halogens is 2. The second kappa shape index (κ2) is 4.38. The summed E-state index contributed by atoms with van der Waals surface area (Å²) in [7, 11) is 1.51. The number of hydrogen-bond donors (Lipinski definition) is 1. The molecule has 0 saturated carbocycles. The molecule has 68 valence electrons. The van der Waals surface area contributed by atoms with E-state index in [0.717, 1.165) is 5.56 Å². The van der Waals surface area contributed by atoms with Crippen molar-refractivity contribution in [3.63, 3.8) is 0 Å². The largest absolute Gasteiger partial charge is 0.479 e. The highest BCUT2D eigenvalue weighted by Gasteiger charge is 2.04. The molecule has 5 heteroatoms. The Hall–Kier alpha value is -0.670. The number of nitrogen functional groups attached to an aromatic ring is 1. The van der Waals surface area contributed by atoms with Gasteiger partial charge in [0.15, 0.2) is 0 Å². The molecule has 0 aliphatic heterocycles. The molecule has 0 fully saturated rings. The second-order valence-electron chi connectivity index (χ2n) is 2.18. The van der Waals surface area contributed by atoms with E-state index in [1.54, 1.807) is 6.07 Å². The fourth-order valence-electron chi connectivity index (χ4n) is 0.770. The number of ether oxygens (including phenoxy) is 1. The first-order valence-corrected chi connectivity index (χ1v) is 3.49. The maximum atomic E-state index is 5.65. The molecule has 1 rings (SSSR count). The van der Waals surface area contributed by atoms with Gasteiger partial charge in [-0.1, -0.05) is 11.6 Å². The highest BCUT2D eigenvalue weighted by atomic mass is 35.5. The van der Waals surface area contributed by atoms with Gasteiger partial charge in [-0.2, -0.15) is 4.98 Å². The molecule has 0 amide bonds. The SMILES string of the molecule is COc1nc(Cl)cc(C)c1N.Cl. The molecule has 2 N–H and O–H groups in total. The molecule has 0 spiro atoms. The average Bonchev–Trinajstić information content (AvgIpc) is 1.96. The van der Waals surface area contributed by atoms with Gasteiger partial charge < -0.3 is 10.5 Å². The van der Waals surface area contributed by atoms with Crippen LogP contribution in [-0.4, -0.2) is 12.1 Å². The molecule has 0 aliphatic carbocycles. The molecular weight excluding hydrogens is 199 g/mol. The Balaban J connectivity index is 0.00000121. The van der Waals surface area contributed by atoms with Gasteiger partial charge in [0, 0.05) is 0 Å². The Morgan fingerprint density at radius 1 is 1.58 bits per heavy atom. The summed E-state index contributed by atoms with van der Waals surface area (Å²) in [5.41, 5.74) is 7.03. The highest BCUT2D eigenvalue weighted by Crippen LogP contribution is 2.24. The molecule has 0 bridgehead atoms. The number of anilines is 1. The van der Waals surface area contributed by atoms with Gasteiger partial charge in [0.1, 0.15) is 5.15 Å². The van der Waals surface area contributed by atoms with Crippen molar-refractivity contribution >= 4 is 29.7 Å². The van der Waals surface area contributed by atoms with Crippen LogP contribution in [0.25, 0.3) is 0 Å². The van der Waals surface area contributed by atoms with E-state index < -0.39 is 0 Å². The van der Waals surface area contributed by atoms with Gasteiger partial charge in [0.2, 0.25) is 5.88 Å². The first kappa shape index (κ1) is 11.3. The van der Waals surface area contributed by atoms with Crippen molar-refractivity contribution in [1.82, 2.24) is 4.98 Å². The summed E-state index contributed by atoms with van der Waals surface area (Å²) >= 11 is 5.65. The van der Waals surface area contributed by atoms with Crippen LogP contribution in [0.2, 0.25) is 5.15 Å². The van der Waals surface area contributed by atoms with Gasteiger partial charge in [-0.05, 0) is 18.6 Å². The topological polar surface area (TPSA) is 48.1 Å². The second-order valence-corrected chi connectivity index (χ2v) is 2.57. The van der Waals surface area contributed by atoms with E-state index in [2.05, 4.69) is 4.98 Å². The third kappa shape index (κ3) is 2.16. The molecule has 0 saturated heterocycles. The van der Waals surface area contributed by atoms with Gasteiger partial charge in [0.25, 0.3) is 0 Å². The van der Waals surface area contributed by atoms with Crippen LogP contribution >= 0.6 is 24.0 Å². The summed E-state index contributed by atoms with van der Waals surface area (Å²) in [4.78, 5) is 3.87. The maximum absolute atomic E-state index is 5.65. The van der Waals surface area contributed by atoms with Crippen LogP contribution in [0.4, 0.5) is 5.69 Å². The van der Waals surface area contributed by atoms with Crippen LogP contribution in [0.15, 0.2) is 6.07 Å². The number of nitrogens with zero attached hydrogens (tertiary/aromatic N) is 1. The molecule has 0 radical (unpaired) electrons. The number of rotatable bonds is 1. The molecule has 0 aliphatic rings. The van der Waals surface area contributed by atoms with E-state index in [1.807, 2.05) is 6.92 Å². The van der Waals surface area contributed by atoms with Crippen molar-refractivity contribution in [2.24, 2.45) is 0 Å². The lowest BCUT2D eigenvalue weighted by Gasteiger charge is -2.05. The summed E-state index contributed by atoms with van der Waals surface area (Å²) in [5.74, 6) is 0.384. The lowest BCUT2D eigenvalue weighted by Crippen LogP contribution is -1.97. The number of methoxy groups -OCH3 is 1. The highest BCUT2D eigenvalue weighted by molar-refractivity contribution is 6.29. The number of hydrogen-bond acceptors (Lipinski definition) is 3. The third-order valence-electron chi connectivity index (χ3n) is 1.39. The van der Waals surface area contributed by atoms with Crippen molar-refractivity contribution < 1.29 is 4.74 Å². The molecule has 3 nitrogen and oxygen atoms in total. The first-order chi connectivity index (χ1) is 5.15. The molecule has 12 heavy (non-hydrogen) atoms. The number of aryl methyl sites for hydroxylation is 1. The van der Waals surface area contributed by atoms with Gasteiger partial charge in [0.05, 0.1) is 12.8 Å². The van der Waals surface area contributed by atoms with Crippen molar-refractivity contribution in [3.05, 3.63) is 16.8 Å². The quantitative estimate of drug-likeness (QED) is 0.720. The van der Waals surface area contributed by atoms with Crippen LogP contribution in [0, 0.1) is 6.92 Å². The Bertz CT molecular complexity index is 278. The smallest absolute Gasteiger partial charge is 0.238 e. The summed E-state index contributed by atoms with van der Waals surface area (Å²) in [6.45, 7) is 1.85. The van der Waals surface area contributed by atoms with Crippen molar-refractivity contribution in [1.29, 1.82) is 0 Å². The third-order valence-corrected chi connectivity index (χ3v) is 1.59. The van der Waals surface area contributed by atoms with E-state index in [4.69, 9.17) is 22.1 Å². The normalized spacial score (nSPS) is 8.92. The maximum Gasteiger partial charge on any atom is 0.238 e. The average molecular weight is 209 g/mol. The van der Waals surface area contributed by atoms with Gasteiger partial charge >= 0.3 is 0 Å². The van der Waals surface area contributed by atoms with Gasteiger partial charge in [-0.25, -0.2) is 0 Å². The predicted molar refractivity (Wildman–Crippen MR) is 52.2 cm³/mol. The molecular formula is C7H10Cl2N2O. The molecule has 1 aromatic heterocycles. The van der Waals surface area contributed by atoms with Crippen molar-refractivity contribution in [3.8, 4) is 5.88 Å². The zero-order valence-corrected chi connectivity index (χ0v) is 8.37. The molecule has 0 atom stereocenters. The van der Waals surface area contributed by atoms with E-state index in [0.29, 0.717) is 16.7 Å². The fraction of sp³-hybridized carbons (Fsp3) is 0.286. The Morgan fingerprint density at radius 3 is 2.67 bits per heavy atom. The lowest BCUT2D eigenvalue weighted by atomic mass is 10.2. The summed E-state index contributed by atoms with van der Waals surface area (Å²) < 4.78 is 4.89. The summed E-state index contributed by atoms with van der Waals surface area (Å²) in [6, 6.07) is 1.69. The van der Waals surface area contributed by atoms with Crippen molar-refractivity contribution in [2.75, 3.05) is 12.8 Å². The van der Waals surface area contributed by atoms with E-state index in [9.17, 15) is 0 Å². The van der Waals surface area contributed by atoms with Crippen LogP contribution in [-0.2, 0) is 0 Å². The number of pyridine rings is 1. The zero-order valence-electron chi connectivity index (χ0n) is 6.80. The first-order valence-electron chi connectivity index (χ1n) is 3.11. The summed E-state index contributed by atoms with van der Waals surface area (Å²) in [5, 5.41) is 0.397. The Morgan fingerprint density at radius 2 is 2.17 bits per heavy atom. The Labute approximate surface area is 82.3 Å². The van der Waals surface area contributed by atoms with E-state index >= 15 is 0 Å². The number of aromatic nitrogens is 1. The van der Waals surface area contributed by atoms with Gasteiger partial charge in [-0.15, -0.1) is 12.4 Å². The molecule has 0 unspecified atom stereocenters. The minimum atomic E-state index is 0. The van der Waals surface area contributed by atoms with Crippen LogP contribution in [0.3, 0.4) is 0 Å². The van der Waals surface area contributed by atoms with Gasteiger partial charge in [-0.3, -0.25) is 0 Å². The van der Waals surface area contributed by atoms with E-state index in [1.165, 1.54) is 7.11 Å². The zero-order chi connectivity index (χ0) is 8.43.